The second-order valence-corrected chi connectivity index (χ2v) is 6.46. The zero-order valence-corrected chi connectivity index (χ0v) is 13.1. The van der Waals surface area contributed by atoms with E-state index in [1.807, 2.05) is 6.92 Å². The Morgan fingerprint density at radius 3 is 2.53 bits per heavy atom. The minimum atomic E-state index is -0.773. The molecule has 2 N–H and O–H groups in total. The van der Waals surface area contributed by atoms with Crippen molar-refractivity contribution in [1.82, 2.24) is 4.90 Å². The first-order valence-electron chi connectivity index (χ1n) is 7.52. The van der Waals surface area contributed by atoms with Gasteiger partial charge < -0.3 is 10.5 Å². The first kappa shape index (κ1) is 16.4. The monoisotopic (exact) mass is 270 g/mol. The highest BCUT2D eigenvalue weighted by atomic mass is 16.5. The lowest BCUT2D eigenvalue weighted by Crippen LogP contribution is -2.49. The minimum Gasteiger partial charge on any atom is -0.465 e. The van der Waals surface area contributed by atoms with Gasteiger partial charge in [0.15, 0.2) is 0 Å². The van der Waals surface area contributed by atoms with Gasteiger partial charge in [-0.3, -0.25) is 9.69 Å². The molecular weight excluding hydrogens is 240 g/mol. The van der Waals surface area contributed by atoms with Crippen LogP contribution in [-0.2, 0) is 9.53 Å². The number of esters is 1. The highest BCUT2D eigenvalue weighted by Crippen LogP contribution is 2.33. The standard InChI is InChI=1S/C15H30N2O2/c1-6-19-14(18)15(16)8-7-13(9-15)17(12(4)5)10-11(2)3/h11-13H,6-10,16H2,1-5H3. The van der Waals surface area contributed by atoms with Crippen LogP contribution in [0.15, 0.2) is 0 Å². The van der Waals surface area contributed by atoms with Gasteiger partial charge in [-0.15, -0.1) is 0 Å². The largest absolute Gasteiger partial charge is 0.465 e. The van der Waals surface area contributed by atoms with Gasteiger partial charge in [0.25, 0.3) is 0 Å². The van der Waals surface area contributed by atoms with Gasteiger partial charge in [-0.25, -0.2) is 0 Å². The summed E-state index contributed by atoms with van der Waals surface area (Å²) in [5.74, 6) is 0.392. The van der Waals surface area contributed by atoms with Crippen LogP contribution in [0.25, 0.3) is 0 Å². The Hall–Kier alpha value is -0.610. The number of nitrogens with zero attached hydrogens (tertiary/aromatic N) is 1. The van der Waals surface area contributed by atoms with Crippen molar-refractivity contribution in [2.24, 2.45) is 11.7 Å². The highest BCUT2D eigenvalue weighted by molar-refractivity contribution is 5.81. The molecular formula is C15H30N2O2. The van der Waals surface area contributed by atoms with Gasteiger partial charge in [0, 0.05) is 18.6 Å². The average Bonchev–Trinajstić information content (AvgIpc) is 2.70. The third-order valence-corrected chi connectivity index (χ3v) is 3.91. The van der Waals surface area contributed by atoms with Crippen molar-refractivity contribution < 1.29 is 9.53 Å². The summed E-state index contributed by atoms with van der Waals surface area (Å²) < 4.78 is 5.12. The molecule has 1 aliphatic rings. The summed E-state index contributed by atoms with van der Waals surface area (Å²) in [6, 6.07) is 0.883. The molecule has 0 aliphatic heterocycles. The van der Waals surface area contributed by atoms with Crippen LogP contribution in [0.1, 0.15) is 53.9 Å². The third kappa shape index (κ3) is 4.18. The Morgan fingerprint density at radius 1 is 1.42 bits per heavy atom. The summed E-state index contributed by atoms with van der Waals surface area (Å²) in [5.41, 5.74) is 5.47. The van der Waals surface area contributed by atoms with Crippen LogP contribution >= 0.6 is 0 Å². The fourth-order valence-electron chi connectivity index (χ4n) is 3.00. The van der Waals surface area contributed by atoms with Gasteiger partial charge in [0.2, 0.25) is 0 Å². The minimum absolute atomic E-state index is 0.231. The quantitative estimate of drug-likeness (QED) is 0.752. The highest BCUT2D eigenvalue weighted by Gasteiger charge is 2.45. The Morgan fingerprint density at radius 2 is 2.05 bits per heavy atom. The molecule has 1 aliphatic carbocycles. The Balaban J connectivity index is 2.69. The van der Waals surface area contributed by atoms with Crippen LogP contribution in [0, 0.1) is 5.92 Å². The van der Waals surface area contributed by atoms with Gasteiger partial charge >= 0.3 is 5.97 Å². The fraction of sp³-hybridized carbons (Fsp3) is 0.933. The lowest BCUT2D eigenvalue weighted by atomic mass is 9.98. The van der Waals surface area contributed by atoms with E-state index in [2.05, 4.69) is 32.6 Å². The molecule has 112 valence electrons. The SMILES string of the molecule is CCOC(=O)C1(N)CCC(N(CC(C)C)C(C)C)C1. The number of carbonyl (C=O) groups excluding carboxylic acids is 1. The first-order chi connectivity index (χ1) is 8.80. The molecule has 0 aromatic heterocycles. The molecule has 1 saturated carbocycles. The Bertz CT molecular complexity index is 305. The van der Waals surface area contributed by atoms with E-state index in [-0.39, 0.29) is 5.97 Å². The molecule has 1 fully saturated rings. The zero-order chi connectivity index (χ0) is 14.6. The molecule has 2 atom stereocenters. The first-order valence-corrected chi connectivity index (χ1v) is 7.52. The molecule has 0 amide bonds. The van der Waals surface area contributed by atoms with Crippen LogP contribution in [0.3, 0.4) is 0 Å². The van der Waals surface area contributed by atoms with Crippen LogP contribution in [0.2, 0.25) is 0 Å². The van der Waals surface area contributed by atoms with E-state index in [9.17, 15) is 4.79 Å². The van der Waals surface area contributed by atoms with E-state index >= 15 is 0 Å². The van der Waals surface area contributed by atoms with E-state index in [0.29, 0.717) is 24.6 Å². The second kappa shape index (κ2) is 6.71. The summed E-state index contributed by atoms with van der Waals surface area (Å²) in [6.07, 6.45) is 2.44. The molecule has 0 spiro atoms. The van der Waals surface area contributed by atoms with E-state index < -0.39 is 5.54 Å². The summed E-state index contributed by atoms with van der Waals surface area (Å²) in [5, 5.41) is 0. The molecule has 2 unspecified atom stereocenters. The zero-order valence-electron chi connectivity index (χ0n) is 13.1. The number of ether oxygens (including phenoxy) is 1. The average molecular weight is 270 g/mol. The van der Waals surface area contributed by atoms with Crippen molar-refractivity contribution in [3.63, 3.8) is 0 Å². The maximum Gasteiger partial charge on any atom is 0.326 e. The van der Waals surface area contributed by atoms with Crippen LogP contribution in [0.5, 0.6) is 0 Å². The lowest BCUT2D eigenvalue weighted by molar-refractivity contribution is -0.149. The molecule has 0 radical (unpaired) electrons. The number of hydrogen-bond donors (Lipinski definition) is 1. The number of hydrogen-bond acceptors (Lipinski definition) is 4. The summed E-state index contributed by atoms with van der Waals surface area (Å²) in [4.78, 5) is 14.4. The van der Waals surface area contributed by atoms with Crippen molar-refractivity contribution in [3.05, 3.63) is 0 Å². The molecule has 0 aromatic rings. The number of carbonyl (C=O) groups is 1. The van der Waals surface area contributed by atoms with Crippen molar-refractivity contribution in [3.8, 4) is 0 Å². The van der Waals surface area contributed by atoms with Crippen LogP contribution in [0.4, 0.5) is 0 Å². The summed E-state index contributed by atoms with van der Waals surface area (Å²) in [6.45, 7) is 12.2. The molecule has 0 heterocycles. The molecule has 0 bridgehead atoms. The second-order valence-electron chi connectivity index (χ2n) is 6.46. The summed E-state index contributed by atoms with van der Waals surface area (Å²) >= 11 is 0. The predicted octanol–water partition coefficient (Wildman–Crippen LogP) is 2.17. The van der Waals surface area contributed by atoms with Crippen molar-refractivity contribution in [2.45, 2.75) is 71.5 Å². The topological polar surface area (TPSA) is 55.6 Å². The van der Waals surface area contributed by atoms with Gasteiger partial charge in [0.05, 0.1) is 6.61 Å². The van der Waals surface area contributed by atoms with E-state index in [1.54, 1.807) is 0 Å². The summed E-state index contributed by atoms with van der Waals surface area (Å²) in [7, 11) is 0. The Labute approximate surface area is 117 Å². The smallest absolute Gasteiger partial charge is 0.326 e. The predicted molar refractivity (Wildman–Crippen MR) is 77.9 cm³/mol. The van der Waals surface area contributed by atoms with Gasteiger partial charge in [-0.2, -0.15) is 0 Å². The van der Waals surface area contributed by atoms with Crippen molar-refractivity contribution >= 4 is 5.97 Å². The number of rotatable bonds is 6. The number of nitrogens with two attached hydrogens (primary N) is 1. The maximum atomic E-state index is 12.0. The molecule has 19 heavy (non-hydrogen) atoms. The van der Waals surface area contributed by atoms with E-state index in [1.165, 1.54) is 0 Å². The van der Waals surface area contributed by atoms with Gasteiger partial charge in [-0.05, 0) is 46.0 Å². The van der Waals surface area contributed by atoms with Gasteiger partial charge in [-0.1, -0.05) is 13.8 Å². The third-order valence-electron chi connectivity index (χ3n) is 3.91. The van der Waals surface area contributed by atoms with E-state index in [4.69, 9.17) is 10.5 Å². The maximum absolute atomic E-state index is 12.0. The molecule has 1 rings (SSSR count). The van der Waals surface area contributed by atoms with Crippen LogP contribution in [-0.4, -0.2) is 41.6 Å². The van der Waals surface area contributed by atoms with E-state index in [0.717, 1.165) is 25.8 Å². The lowest BCUT2D eigenvalue weighted by Gasteiger charge is -2.34. The molecule has 4 nitrogen and oxygen atoms in total. The fourth-order valence-corrected chi connectivity index (χ4v) is 3.00. The van der Waals surface area contributed by atoms with Crippen molar-refractivity contribution in [2.75, 3.05) is 13.2 Å². The normalized spacial score (nSPS) is 27.5. The van der Waals surface area contributed by atoms with Gasteiger partial charge in [0.1, 0.15) is 5.54 Å². The molecule has 4 heteroatoms. The van der Waals surface area contributed by atoms with Crippen molar-refractivity contribution in [1.29, 1.82) is 0 Å². The molecule has 0 aromatic carbocycles. The molecule has 0 saturated heterocycles. The Kier molecular flexibility index (Phi) is 5.81. The van der Waals surface area contributed by atoms with Crippen LogP contribution < -0.4 is 5.73 Å².